The molecule has 3 atom stereocenters. The standard InChI is InChI=1S/C30H42N2OS2.C5H7FO.CH4O/c1-6-9-26(30(3,4)34-5)28(33)25-13-8-12-24(25)27(22-10-7-11-22)31-18-21-14-16-23(17-15-21)29-20(2)32-19-35-29;1-4(7)5(6)2-3-5;1-2/h14-17,19,24-26,31H,6-13,18H2,1-5H3;2-3H2,1H3;2H,1H3. The monoisotopic (exact) mass is 644 g/mol. The Morgan fingerprint density at radius 1 is 1.14 bits per heavy atom. The van der Waals surface area contributed by atoms with E-state index in [1.165, 1.54) is 54.3 Å². The molecule has 2 N–H and O–H groups in total. The molecule has 5 nitrogen and oxygen atoms in total. The average Bonchev–Trinajstić information content (AvgIpc) is 3.36. The van der Waals surface area contributed by atoms with Crippen LogP contribution in [0.4, 0.5) is 4.39 Å². The van der Waals surface area contributed by atoms with Crippen LogP contribution in [0.3, 0.4) is 0 Å². The van der Waals surface area contributed by atoms with Gasteiger partial charge in [0.2, 0.25) is 0 Å². The summed E-state index contributed by atoms with van der Waals surface area (Å²) in [4.78, 5) is 29.8. The zero-order valence-corrected chi connectivity index (χ0v) is 29.4. The number of carbonyl (C=O) groups excluding carboxylic acids is 2. The van der Waals surface area contributed by atoms with Crippen molar-refractivity contribution in [2.75, 3.05) is 13.4 Å². The van der Waals surface area contributed by atoms with Gasteiger partial charge in [0, 0.05) is 41.9 Å². The number of allylic oxidation sites excluding steroid dienone is 2. The Hall–Kier alpha value is -2.03. The number of hydrogen-bond acceptors (Lipinski definition) is 7. The first-order chi connectivity index (χ1) is 21.0. The van der Waals surface area contributed by atoms with Crippen LogP contribution in [0, 0.1) is 24.7 Å². The lowest BCUT2D eigenvalue weighted by atomic mass is 9.75. The van der Waals surface area contributed by atoms with Crippen LogP contribution in [0.25, 0.3) is 10.4 Å². The van der Waals surface area contributed by atoms with Crippen molar-refractivity contribution in [1.82, 2.24) is 10.3 Å². The van der Waals surface area contributed by atoms with Crippen molar-refractivity contribution in [1.29, 1.82) is 0 Å². The maximum absolute atomic E-state index is 14.0. The fraction of sp³-hybridized carbons (Fsp3) is 0.639. The lowest BCUT2D eigenvalue weighted by Gasteiger charge is -2.36. The number of hydrogen-bond donors (Lipinski definition) is 2. The molecule has 44 heavy (non-hydrogen) atoms. The molecule has 0 radical (unpaired) electrons. The first-order valence-electron chi connectivity index (χ1n) is 16.2. The highest BCUT2D eigenvalue weighted by Gasteiger charge is 2.48. The second-order valence-electron chi connectivity index (χ2n) is 12.9. The number of ketones is 2. The van der Waals surface area contributed by atoms with Gasteiger partial charge in [0.15, 0.2) is 11.5 Å². The summed E-state index contributed by atoms with van der Waals surface area (Å²) < 4.78 is 12.3. The van der Waals surface area contributed by atoms with Gasteiger partial charge in [-0.3, -0.25) is 9.59 Å². The second kappa shape index (κ2) is 16.5. The zero-order chi connectivity index (χ0) is 32.5. The van der Waals surface area contributed by atoms with Crippen molar-refractivity contribution >= 4 is 34.7 Å². The summed E-state index contributed by atoms with van der Waals surface area (Å²) in [7, 11) is 1.00. The van der Waals surface area contributed by atoms with Gasteiger partial charge in [-0.15, -0.1) is 11.3 Å². The molecule has 0 bridgehead atoms. The zero-order valence-electron chi connectivity index (χ0n) is 27.8. The van der Waals surface area contributed by atoms with Crippen molar-refractivity contribution in [2.24, 2.45) is 17.8 Å². The molecule has 0 spiro atoms. The molecule has 1 aromatic carbocycles. The van der Waals surface area contributed by atoms with Crippen molar-refractivity contribution < 1.29 is 19.1 Å². The number of thioether (sulfide) groups is 1. The van der Waals surface area contributed by atoms with Gasteiger partial charge < -0.3 is 10.4 Å². The molecular formula is C36H53FN2O3S2. The predicted molar refractivity (Wildman–Crippen MR) is 184 cm³/mol. The van der Waals surface area contributed by atoms with Crippen LogP contribution in [-0.2, 0) is 16.1 Å². The Morgan fingerprint density at radius 2 is 1.77 bits per heavy atom. The van der Waals surface area contributed by atoms with Gasteiger partial charge in [0.05, 0.1) is 16.1 Å². The van der Waals surface area contributed by atoms with Crippen molar-refractivity contribution in [2.45, 2.75) is 116 Å². The number of Topliss-reactive ketones (excluding diaryl/α,β-unsaturated/α-hetero) is 2. The summed E-state index contributed by atoms with van der Waals surface area (Å²) >= 11 is 3.55. The summed E-state index contributed by atoms with van der Waals surface area (Å²) in [6.07, 6.45) is 12.2. The number of nitrogens with zero attached hydrogens (tertiary/aromatic N) is 1. The van der Waals surface area contributed by atoms with Crippen LogP contribution in [0.2, 0.25) is 0 Å². The van der Waals surface area contributed by atoms with E-state index in [0.29, 0.717) is 24.5 Å². The minimum Gasteiger partial charge on any atom is -0.400 e. The SMILES string of the molecule is CC(=O)C1(F)CC1.CCCC(C(=O)C1CCCC1C(NCc1ccc(-c2scnc2C)cc1)=C1CCC1)C(C)(C)SC.CO. The van der Waals surface area contributed by atoms with E-state index in [2.05, 4.69) is 68.5 Å². The van der Waals surface area contributed by atoms with E-state index >= 15 is 0 Å². The number of rotatable bonds is 12. The highest BCUT2D eigenvalue weighted by Crippen LogP contribution is 2.45. The van der Waals surface area contributed by atoms with Gasteiger partial charge in [-0.2, -0.15) is 11.8 Å². The smallest absolute Gasteiger partial charge is 0.168 e. The number of benzene rings is 1. The summed E-state index contributed by atoms with van der Waals surface area (Å²) in [5, 5.41) is 10.9. The van der Waals surface area contributed by atoms with Crippen molar-refractivity contribution in [3.8, 4) is 10.4 Å². The molecule has 2 aromatic rings. The van der Waals surface area contributed by atoms with Gasteiger partial charge >= 0.3 is 0 Å². The fourth-order valence-electron chi connectivity index (χ4n) is 6.32. The van der Waals surface area contributed by atoms with Gasteiger partial charge in [0.1, 0.15) is 5.78 Å². The molecule has 0 amide bonds. The third-order valence-electron chi connectivity index (χ3n) is 9.64. The molecule has 1 aromatic heterocycles. The first-order valence-corrected chi connectivity index (χ1v) is 18.3. The van der Waals surface area contributed by atoms with Crippen LogP contribution < -0.4 is 5.32 Å². The molecule has 3 aliphatic carbocycles. The van der Waals surface area contributed by atoms with E-state index in [0.717, 1.165) is 45.0 Å². The maximum Gasteiger partial charge on any atom is 0.168 e. The van der Waals surface area contributed by atoms with Crippen LogP contribution in [0.5, 0.6) is 0 Å². The quantitative estimate of drug-likeness (QED) is 0.240. The number of aryl methyl sites for hydroxylation is 1. The van der Waals surface area contributed by atoms with Gasteiger partial charge in [0.25, 0.3) is 0 Å². The Bertz CT molecular complexity index is 1260. The number of aliphatic hydroxyl groups excluding tert-OH is 1. The predicted octanol–water partition coefficient (Wildman–Crippen LogP) is 8.88. The van der Waals surface area contributed by atoms with Gasteiger partial charge in [-0.1, -0.05) is 63.5 Å². The van der Waals surface area contributed by atoms with Crippen molar-refractivity contribution in [3.63, 3.8) is 0 Å². The highest BCUT2D eigenvalue weighted by atomic mass is 32.2. The third kappa shape index (κ3) is 9.03. The van der Waals surface area contributed by atoms with Crippen LogP contribution >= 0.6 is 23.1 Å². The lowest BCUT2D eigenvalue weighted by molar-refractivity contribution is -0.128. The molecule has 8 heteroatoms. The van der Waals surface area contributed by atoms with Crippen LogP contribution in [0.15, 0.2) is 41.0 Å². The number of thiazole rings is 1. The number of aliphatic hydroxyl groups is 1. The Morgan fingerprint density at radius 3 is 2.23 bits per heavy atom. The van der Waals surface area contributed by atoms with E-state index in [-0.39, 0.29) is 22.4 Å². The molecular weight excluding hydrogens is 592 g/mol. The van der Waals surface area contributed by atoms with Crippen LogP contribution in [-0.4, -0.2) is 45.4 Å². The average molecular weight is 645 g/mol. The Kier molecular flexibility index (Phi) is 13.7. The first kappa shape index (κ1) is 36.4. The fourth-order valence-corrected chi connectivity index (χ4v) is 7.65. The summed E-state index contributed by atoms with van der Waals surface area (Å²) in [6.45, 7) is 10.9. The topological polar surface area (TPSA) is 79.3 Å². The minimum absolute atomic E-state index is 0.00434. The lowest BCUT2D eigenvalue weighted by Crippen LogP contribution is -2.40. The van der Waals surface area contributed by atoms with E-state index in [1.807, 2.05) is 17.3 Å². The number of aromatic nitrogens is 1. The van der Waals surface area contributed by atoms with Crippen molar-refractivity contribution in [3.05, 3.63) is 52.3 Å². The van der Waals surface area contributed by atoms with E-state index in [1.54, 1.807) is 16.9 Å². The number of alkyl halides is 1. The third-order valence-corrected chi connectivity index (χ3v) is 12.0. The number of halogens is 1. The normalized spacial score (nSPS) is 20.7. The second-order valence-corrected chi connectivity index (χ2v) is 15.2. The van der Waals surface area contributed by atoms with Gasteiger partial charge in [-0.05, 0) is 82.6 Å². The van der Waals surface area contributed by atoms with E-state index < -0.39 is 5.67 Å². The van der Waals surface area contributed by atoms with Crippen LogP contribution in [0.1, 0.15) is 103 Å². The molecule has 5 rings (SSSR count). The molecule has 244 valence electrons. The molecule has 0 aliphatic heterocycles. The molecule has 1 heterocycles. The molecule has 3 aliphatic rings. The summed E-state index contributed by atoms with van der Waals surface area (Å²) in [5.74, 6) is 0.896. The summed E-state index contributed by atoms with van der Waals surface area (Å²) in [5.41, 5.74) is 7.14. The maximum atomic E-state index is 14.0. The molecule has 3 unspecified atom stereocenters. The van der Waals surface area contributed by atoms with Gasteiger partial charge in [-0.25, -0.2) is 9.37 Å². The molecule has 0 saturated heterocycles. The Balaban J connectivity index is 0.000000510. The molecule has 3 fully saturated rings. The number of carbonyl (C=O) groups is 2. The Labute approximate surface area is 272 Å². The van der Waals surface area contributed by atoms with E-state index in [9.17, 15) is 14.0 Å². The van der Waals surface area contributed by atoms with E-state index in [4.69, 9.17) is 5.11 Å². The number of nitrogens with one attached hydrogen (secondary N) is 1. The largest absolute Gasteiger partial charge is 0.400 e. The molecule has 3 saturated carbocycles. The minimum atomic E-state index is -1.39. The highest BCUT2D eigenvalue weighted by molar-refractivity contribution is 8.00. The summed E-state index contributed by atoms with van der Waals surface area (Å²) in [6, 6.07) is 8.91.